The van der Waals surface area contributed by atoms with Crippen LogP contribution in [0.25, 0.3) is 0 Å². The quantitative estimate of drug-likeness (QED) is 0.783. The van der Waals surface area contributed by atoms with E-state index in [1.165, 1.54) is 19.3 Å². The number of carbonyl (C=O) groups is 1. The lowest BCUT2D eigenvalue weighted by molar-refractivity contribution is -0.121. The summed E-state index contributed by atoms with van der Waals surface area (Å²) in [6, 6.07) is 7.61. The lowest BCUT2D eigenvalue weighted by Crippen LogP contribution is -2.49. The lowest BCUT2D eigenvalue weighted by atomic mass is 9.83. The summed E-state index contributed by atoms with van der Waals surface area (Å²) in [4.78, 5) is 12.6. The molecule has 0 radical (unpaired) electrons. The van der Waals surface area contributed by atoms with Gasteiger partial charge in [0.2, 0.25) is 5.91 Å². The Morgan fingerprint density at radius 3 is 2.71 bits per heavy atom. The van der Waals surface area contributed by atoms with Crippen molar-refractivity contribution in [1.82, 2.24) is 5.32 Å². The predicted octanol–water partition coefficient (Wildman–Crippen LogP) is 3.34. The van der Waals surface area contributed by atoms with E-state index in [-0.39, 0.29) is 11.9 Å². The van der Waals surface area contributed by atoms with Crippen LogP contribution < -0.4 is 11.1 Å². The number of rotatable bonds is 5. The van der Waals surface area contributed by atoms with Crippen molar-refractivity contribution in [2.24, 2.45) is 11.7 Å². The van der Waals surface area contributed by atoms with E-state index < -0.39 is 0 Å². The first-order valence-corrected chi connectivity index (χ1v) is 8.59. The third-order valence-corrected chi connectivity index (χ3v) is 4.75. The molecule has 1 unspecified atom stereocenters. The highest BCUT2D eigenvalue weighted by atomic mass is 79.9. The second-order valence-corrected chi connectivity index (χ2v) is 7.04. The fourth-order valence-electron chi connectivity index (χ4n) is 2.95. The average Bonchev–Trinajstić information content (AvgIpc) is 2.45. The summed E-state index contributed by atoms with van der Waals surface area (Å²) < 4.78 is 0.978. The predicted molar refractivity (Wildman–Crippen MR) is 93.1 cm³/mol. The zero-order valence-corrected chi connectivity index (χ0v) is 14.4. The van der Waals surface area contributed by atoms with Crippen molar-refractivity contribution in [2.75, 3.05) is 0 Å². The SMILES string of the molecule is NC(=S)C(NC(=O)Cc1cccc(Br)c1)C1CCCCC1. The molecule has 0 bridgehead atoms. The number of amides is 1. The van der Waals surface area contributed by atoms with Crippen LogP contribution in [0.3, 0.4) is 0 Å². The van der Waals surface area contributed by atoms with Gasteiger partial charge in [-0.05, 0) is 36.5 Å². The first-order chi connectivity index (χ1) is 10.1. The topological polar surface area (TPSA) is 55.1 Å². The number of carbonyl (C=O) groups excluding carboxylic acids is 1. The van der Waals surface area contributed by atoms with Crippen molar-refractivity contribution in [3.8, 4) is 0 Å². The molecule has 1 amide bonds. The van der Waals surface area contributed by atoms with E-state index in [1.54, 1.807) is 0 Å². The van der Waals surface area contributed by atoms with Gasteiger partial charge in [-0.2, -0.15) is 0 Å². The Labute approximate surface area is 139 Å². The maximum absolute atomic E-state index is 12.2. The van der Waals surface area contributed by atoms with E-state index in [0.717, 1.165) is 22.9 Å². The highest BCUT2D eigenvalue weighted by Gasteiger charge is 2.27. The molecule has 21 heavy (non-hydrogen) atoms. The number of nitrogens with one attached hydrogen (secondary N) is 1. The van der Waals surface area contributed by atoms with Gasteiger partial charge >= 0.3 is 0 Å². The summed E-state index contributed by atoms with van der Waals surface area (Å²) in [5.41, 5.74) is 6.82. The molecule has 0 heterocycles. The molecule has 0 spiro atoms. The van der Waals surface area contributed by atoms with Crippen LogP contribution >= 0.6 is 28.1 Å². The van der Waals surface area contributed by atoms with Crippen molar-refractivity contribution in [2.45, 2.75) is 44.6 Å². The van der Waals surface area contributed by atoms with Crippen LogP contribution in [0, 0.1) is 5.92 Å². The molecule has 0 aliphatic heterocycles. The van der Waals surface area contributed by atoms with Gasteiger partial charge in [0.15, 0.2) is 0 Å². The second kappa shape index (κ2) is 7.90. The summed E-state index contributed by atoms with van der Waals surface area (Å²) in [5, 5.41) is 3.03. The largest absolute Gasteiger partial charge is 0.392 e. The Kier molecular flexibility index (Phi) is 6.18. The maximum atomic E-state index is 12.2. The standard InChI is InChI=1S/C16H21BrN2OS/c17-13-8-4-5-11(9-13)10-14(20)19-15(16(18)21)12-6-2-1-3-7-12/h4-5,8-9,12,15H,1-3,6-7,10H2,(H2,18,21)(H,19,20). The summed E-state index contributed by atoms with van der Waals surface area (Å²) in [6.45, 7) is 0. The zero-order valence-electron chi connectivity index (χ0n) is 12.0. The number of nitrogens with two attached hydrogens (primary N) is 1. The molecule has 1 aliphatic carbocycles. The molecule has 1 aromatic rings. The molecule has 1 aromatic carbocycles. The fourth-order valence-corrected chi connectivity index (χ4v) is 3.64. The number of halogens is 1. The lowest BCUT2D eigenvalue weighted by Gasteiger charge is -2.30. The van der Waals surface area contributed by atoms with Gasteiger partial charge in [0.1, 0.15) is 0 Å². The molecule has 5 heteroatoms. The molecule has 0 aromatic heterocycles. The Morgan fingerprint density at radius 1 is 1.38 bits per heavy atom. The van der Waals surface area contributed by atoms with Crippen LogP contribution in [0.1, 0.15) is 37.7 Å². The average molecular weight is 369 g/mol. The molecule has 1 fully saturated rings. The molecule has 3 N–H and O–H groups in total. The number of hydrogen-bond donors (Lipinski definition) is 2. The molecule has 0 saturated heterocycles. The van der Waals surface area contributed by atoms with Gasteiger partial charge < -0.3 is 11.1 Å². The monoisotopic (exact) mass is 368 g/mol. The van der Waals surface area contributed by atoms with Gasteiger partial charge in [-0.1, -0.05) is 59.5 Å². The minimum atomic E-state index is -0.167. The fraction of sp³-hybridized carbons (Fsp3) is 0.500. The van der Waals surface area contributed by atoms with Crippen LogP contribution in [0.15, 0.2) is 28.7 Å². The van der Waals surface area contributed by atoms with Gasteiger partial charge in [-0.25, -0.2) is 0 Å². The Bertz CT molecular complexity index is 515. The zero-order chi connectivity index (χ0) is 15.2. The van der Waals surface area contributed by atoms with Crippen molar-refractivity contribution < 1.29 is 4.79 Å². The highest BCUT2D eigenvalue weighted by Crippen LogP contribution is 2.26. The first-order valence-electron chi connectivity index (χ1n) is 7.39. The smallest absolute Gasteiger partial charge is 0.224 e. The van der Waals surface area contributed by atoms with Crippen LogP contribution in [-0.2, 0) is 11.2 Å². The van der Waals surface area contributed by atoms with E-state index >= 15 is 0 Å². The van der Waals surface area contributed by atoms with E-state index in [9.17, 15) is 4.79 Å². The van der Waals surface area contributed by atoms with Crippen LogP contribution in [0.4, 0.5) is 0 Å². The van der Waals surface area contributed by atoms with Gasteiger partial charge in [0, 0.05) is 4.47 Å². The summed E-state index contributed by atoms with van der Waals surface area (Å²) in [5.74, 6) is 0.374. The minimum Gasteiger partial charge on any atom is -0.392 e. The van der Waals surface area contributed by atoms with Crippen molar-refractivity contribution in [1.29, 1.82) is 0 Å². The third-order valence-electron chi connectivity index (χ3n) is 4.00. The van der Waals surface area contributed by atoms with E-state index in [0.29, 0.717) is 17.3 Å². The summed E-state index contributed by atoms with van der Waals surface area (Å²) in [6.07, 6.45) is 6.22. The Hall–Kier alpha value is -0.940. The van der Waals surface area contributed by atoms with Gasteiger partial charge in [0.05, 0.1) is 17.5 Å². The number of hydrogen-bond acceptors (Lipinski definition) is 2. The molecule has 3 nitrogen and oxygen atoms in total. The maximum Gasteiger partial charge on any atom is 0.224 e. The van der Waals surface area contributed by atoms with Crippen molar-refractivity contribution in [3.05, 3.63) is 34.3 Å². The van der Waals surface area contributed by atoms with Crippen LogP contribution in [-0.4, -0.2) is 16.9 Å². The molecule has 1 atom stereocenters. The second-order valence-electron chi connectivity index (χ2n) is 5.65. The molecular weight excluding hydrogens is 348 g/mol. The minimum absolute atomic E-state index is 0.0172. The molecule has 1 saturated carbocycles. The van der Waals surface area contributed by atoms with Gasteiger partial charge in [-0.15, -0.1) is 0 Å². The van der Waals surface area contributed by atoms with E-state index in [1.807, 2.05) is 24.3 Å². The Balaban J connectivity index is 1.96. The normalized spacial score (nSPS) is 17.2. The summed E-state index contributed by atoms with van der Waals surface area (Å²) in [7, 11) is 0. The highest BCUT2D eigenvalue weighted by molar-refractivity contribution is 9.10. The van der Waals surface area contributed by atoms with Crippen LogP contribution in [0.5, 0.6) is 0 Å². The van der Waals surface area contributed by atoms with Crippen molar-refractivity contribution in [3.63, 3.8) is 0 Å². The van der Waals surface area contributed by atoms with E-state index in [2.05, 4.69) is 21.2 Å². The number of thiocarbonyl (C=S) groups is 1. The molecular formula is C16H21BrN2OS. The molecule has 1 aliphatic rings. The van der Waals surface area contributed by atoms with Crippen molar-refractivity contribution >= 4 is 39.0 Å². The van der Waals surface area contributed by atoms with Gasteiger partial charge in [-0.3, -0.25) is 4.79 Å². The third kappa shape index (κ3) is 5.08. The summed E-state index contributed by atoms with van der Waals surface area (Å²) >= 11 is 8.57. The van der Waals surface area contributed by atoms with Gasteiger partial charge in [0.25, 0.3) is 0 Å². The Morgan fingerprint density at radius 2 is 2.10 bits per heavy atom. The first kappa shape index (κ1) is 16.4. The van der Waals surface area contributed by atoms with E-state index in [4.69, 9.17) is 18.0 Å². The molecule has 2 rings (SSSR count). The van der Waals surface area contributed by atoms with Crippen LogP contribution in [0.2, 0.25) is 0 Å². The molecule has 114 valence electrons. The number of benzene rings is 1.